The minimum Gasteiger partial charge on any atom is -0.504 e. The van der Waals surface area contributed by atoms with Gasteiger partial charge in [-0.15, -0.1) is 0 Å². The minimum absolute atomic E-state index is 0.000166. The maximum atomic E-state index is 10.2. The third kappa shape index (κ3) is 9.17. The fourth-order valence-corrected chi connectivity index (χ4v) is 5.54. The number of hydrogen-bond acceptors (Lipinski definition) is 6. The summed E-state index contributed by atoms with van der Waals surface area (Å²) in [7, 11) is 0. The van der Waals surface area contributed by atoms with Crippen LogP contribution < -0.4 is 14.8 Å². The fraction of sp³-hybridized carbons (Fsp3) is 0.471. The van der Waals surface area contributed by atoms with Gasteiger partial charge >= 0.3 is 0 Å². The highest BCUT2D eigenvalue weighted by molar-refractivity contribution is 5.50. The van der Waals surface area contributed by atoms with Gasteiger partial charge in [-0.1, -0.05) is 56.2 Å². The first kappa shape index (κ1) is 29.8. The molecule has 0 aliphatic heterocycles. The van der Waals surface area contributed by atoms with Crippen LogP contribution in [0.15, 0.2) is 66.7 Å². The standard InChI is InChI=1S/C34H46N2O4/c1-2-22-36(29-13-18-32-28(25-29)12-19-33(37)34(32)38)23-9-4-3-8-20-35-21-24-39-30-14-16-31(17-15-30)40-26-27-10-6-5-7-11-27/h5-7,10-12,14-17,19,29,35,37-38H,2-4,8-9,13,18,20-26H2,1H3/t29-/m0/s1. The van der Waals surface area contributed by atoms with Crippen LogP contribution in [0.25, 0.3) is 0 Å². The molecule has 0 unspecified atom stereocenters. The van der Waals surface area contributed by atoms with Crippen LogP contribution in [0, 0.1) is 0 Å². The highest BCUT2D eigenvalue weighted by Gasteiger charge is 2.26. The van der Waals surface area contributed by atoms with E-state index in [2.05, 4.69) is 29.3 Å². The summed E-state index contributed by atoms with van der Waals surface area (Å²) < 4.78 is 11.7. The molecular weight excluding hydrogens is 500 g/mol. The zero-order valence-corrected chi connectivity index (χ0v) is 24.0. The lowest BCUT2D eigenvalue weighted by Gasteiger charge is -2.35. The fourth-order valence-electron chi connectivity index (χ4n) is 5.54. The lowest BCUT2D eigenvalue weighted by atomic mass is 9.86. The summed E-state index contributed by atoms with van der Waals surface area (Å²) in [5.41, 5.74) is 3.28. The zero-order valence-electron chi connectivity index (χ0n) is 24.0. The predicted molar refractivity (Wildman–Crippen MR) is 161 cm³/mol. The van der Waals surface area contributed by atoms with Crippen LogP contribution in [-0.2, 0) is 19.4 Å². The summed E-state index contributed by atoms with van der Waals surface area (Å²) in [6, 6.07) is 22.1. The third-order valence-corrected chi connectivity index (χ3v) is 7.74. The number of fused-ring (bicyclic) bond motifs is 1. The smallest absolute Gasteiger partial charge is 0.160 e. The summed E-state index contributed by atoms with van der Waals surface area (Å²) in [5, 5.41) is 23.5. The molecule has 3 N–H and O–H groups in total. The second kappa shape index (κ2) is 16.1. The van der Waals surface area contributed by atoms with E-state index in [0.717, 1.165) is 74.5 Å². The van der Waals surface area contributed by atoms with Crippen molar-refractivity contribution in [3.05, 3.63) is 83.4 Å². The van der Waals surface area contributed by atoms with E-state index in [1.807, 2.05) is 48.5 Å². The van der Waals surface area contributed by atoms with E-state index in [4.69, 9.17) is 9.47 Å². The Balaban J connectivity index is 1.03. The van der Waals surface area contributed by atoms with Gasteiger partial charge in [0.15, 0.2) is 11.5 Å². The molecule has 1 aliphatic rings. The average Bonchev–Trinajstić information content (AvgIpc) is 2.99. The molecule has 6 heteroatoms. The Kier molecular flexibility index (Phi) is 12.0. The van der Waals surface area contributed by atoms with Gasteiger partial charge in [-0.2, -0.15) is 0 Å². The normalized spacial score (nSPS) is 14.7. The van der Waals surface area contributed by atoms with Crippen molar-refractivity contribution in [3.63, 3.8) is 0 Å². The first-order valence-corrected chi connectivity index (χ1v) is 15.0. The second-order valence-corrected chi connectivity index (χ2v) is 10.8. The van der Waals surface area contributed by atoms with E-state index in [0.29, 0.717) is 19.3 Å². The van der Waals surface area contributed by atoms with Crippen molar-refractivity contribution in [3.8, 4) is 23.0 Å². The quantitative estimate of drug-likeness (QED) is 0.133. The van der Waals surface area contributed by atoms with Crippen LogP contribution in [0.1, 0.15) is 62.1 Å². The molecule has 0 radical (unpaired) electrons. The van der Waals surface area contributed by atoms with Crippen LogP contribution in [0.3, 0.4) is 0 Å². The molecule has 40 heavy (non-hydrogen) atoms. The summed E-state index contributed by atoms with van der Waals surface area (Å²) in [4.78, 5) is 2.64. The Hall–Kier alpha value is -3.22. The van der Waals surface area contributed by atoms with E-state index in [-0.39, 0.29) is 11.5 Å². The molecule has 3 aromatic carbocycles. The SMILES string of the molecule is CCCN(CCCCCCNCCOc1ccc(OCc2ccccc2)cc1)[C@H]1CCc2c(ccc(O)c2O)C1. The number of ether oxygens (including phenoxy) is 2. The molecule has 0 saturated heterocycles. The minimum atomic E-state index is 0.000166. The van der Waals surface area contributed by atoms with Crippen molar-refractivity contribution in [2.45, 2.75) is 70.9 Å². The van der Waals surface area contributed by atoms with Crippen LogP contribution >= 0.6 is 0 Å². The molecule has 3 aromatic rings. The average molecular weight is 547 g/mol. The van der Waals surface area contributed by atoms with E-state index in [1.165, 1.54) is 31.2 Å². The third-order valence-electron chi connectivity index (χ3n) is 7.74. The number of nitrogens with one attached hydrogen (secondary N) is 1. The Morgan fingerprint density at radius 2 is 1.57 bits per heavy atom. The van der Waals surface area contributed by atoms with E-state index >= 15 is 0 Å². The Labute approximate surface area is 240 Å². The van der Waals surface area contributed by atoms with Gasteiger partial charge in [0.25, 0.3) is 0 Å². The van der Waals surface area contributed by atoms with Crippen molar-refractivity contribution in [1.82, 2.24) is 10.2 Å². The number of aromatic hydroxyl groups is 2. The summed E-state index contributed by atoms with van der Waals surface area (Å²) in [5.74, 6) is 1.79. The molecule has 0 aromatic heterocycles. The maximum absolute atomic E-state index is 10.2. The van der Waals surface area contributed by atoms with E-state index in [1.54, 1.807) is 6.07 Å². The molecule has 1 atom stereocenters. The second-order valence-electron chi connectivity index (χ2n) is 10.8. The van der Waals surface area contributed by atoms with Crippen molar-refractivity contribution in [2.24, 2.45) is 0 Å². The Bertz CT molecular complexity index is 1140. The molecule has 0 fully saturated rings. The molecule has 6 nitrogen and oxygen atoms in total. The molecule has 0 bridgehead atoms. The molecule has 1 aliphatic carbocycles. The summed E-state index contributed by atoms with van der Waals surface area (Å²) >= 11 is 0. The highest BCUT2D eigenvalue weighted by Crippen LogP contribution is 2.36. The van der Waals surface area contributed by atoms with Gasteiger partial charge in [-0.3, -0.25) is 0 Å². The first-order chi connectivity index (χ1) is 19.6. The number of rotatable bonds is 17. The van der Waals surface area contributed by atoms with Crippen molar-refractivity contribution in [2.75, 3.05) is 32.8 Å². The first-order valence-electron chi connectivity index (χ1n) is 15.0. The number of phenolic OH excluding ortho intramolecular Hbond substituents is 2. The molecule has 216 valence electrons. The van der Waals surface area contributed by atoms with Gasteiger partial charge in [0, 0.05) is 18.2 Å². The number of hydrogen-bond donors (Lipinski definition) is 3. The van der Waals surface area contributed by atoms with Crippen molar-refractivity contribution < 1.29 is 19.7 Å². The predicted octanol–water partition coefficient (Wildman–Crippen LogP) is 6.48. The van der Waals surface area contributed by atoms with Crippen LogP contribution in [0.4, 0.5) is 0 Å². The van der Waals surface area contributed by atoms with Crippen molar-refractivity contribution in [1.29, 1.82) is 0 Å². The molecule has 4 rings (SSSR count). The Morgan fingerprint density at radius 3 is 2.35 bits per heavy atom. The highest BCUT2D eigenvalue weighted by atomic mass is 16.5. The van der Waals surface area contributed by atoms with Gasteiger partial charge in [-0.05, 0) is 99.6 Å². The molecule has 0 saturated carbocycles. The van der Waals surface area contributed by atoms with Gasteiger partial charge < -0.3 is 29.9 Å². The lowest BCUT2D eigenvalue weighted by Crippen LogP contribution is -2.40. The number of benzene rings is 3. The molecule has 0 amide bonds. The lowest BCUT2D eigenvalue weighted by molar-refractivity contribution is 0.175. The van der Waals surface area contributed by atoms with E-state index < -0.39 is 0 Å². The van der Waals surface area contributed by atoms with Gasteiger partial charge in [0.05, 0.1) is 0 Å². The monoisotopic (exact) mass is 546 g/mol. The molecule has 0 spiro atoms. The summed E-state index contributed by atoms with van der Waals surface area (Å²) in [6.07, 6.45) is 8.88. The van der Waals surface area contributed by atoms with Gasteiger partial charge in [0.2, 0.25) is 0 Å². The summed E-state index contributed by atoms with van der Waals surface area (Å²) in [6.45, 7) is 7.58. The van der Waals surface area contributed by atoms with Crippen molar-refractivity contribution >= 4 is 0 Å². The Morgan fingerprint density at radius 1 is 0.825 bits per heavy atom. The van der Waals surface area contributed by atoms with Crippen LogP contribution in [-0.4, -0.2) is 53.9 Å². The van der Waals surface area contributed by atoms with Gasteiger partial charge in [-0.25, -0.2) is 0 Å². The van der Waals surface area contributed by atoms with E-state index in [9.17, 15) is 10.2 Å². The largest absolute Gasteiger partial charge is 0.504 e. The maximum Gasteiger partial charge on any atom is 0.160 e. The van der Waals surface area contributed by atoms with Gasteiger partial charge in [0.1, 0.15) is 24.7 Å². The molecule has 0 heterocycles. The number of unbranched alkanes of at least 4 members (excludes halogenated alkanes) is 3. The zero-order chi connectivity index (χ0) is 28.0. The number of nitrogens with zero attached hydrogens (tertiary/aromatic N) is 1. The number of phenols is 2. The van der Waals surface area contributed by atoms with Crippen LogP contribution in [0.2, 0.25) is 0 Å². The molecular formula is C34H46N2O4. The topological polar surface area (TPSA) is 74.2 Å². The van der Waals surface area contributed by atoms with Crippen LogP contribution in [0.5, 0.6) is 23.0 Å².